The van der Waals surface area contributed by atoms with Crippen LogP contribution in [0.3, 0.4) is 0 Å². The molecule has 0 radical (unpaired) electrons. The van der Waals surface area contributed by atoms with Crippen molar-refractivity contribution >= 4 is 23.4 Å². The third-order valence-electron chi connectivity index (χ3n) is 10.6. The van der Waals surface area contributed by atoms with E-state index in [0.717, 1.165) is 66.9 Å². The van der Waals surface area contributed by atoms with Gasteiger partial charge in [-0.2, -0.15) is 5.10 Å². The molecule has 0 spiro atoms. The number of hydrogen-bond acceptors (Lipinski definition) is 7. The summed E-state index contributed by atoms with van der Waals surface area (Å²) in [7, 11) is 0. The Morgan fingerprint density at radius 2 is 1.76 bits per heavy atom. The van der Waals surface area contributed by atoms with Crippen LogP contribution >= 0.6 is 0 Å². The second-order valence-corrected chi connectivity index (χ2v) is 14.1. The highest BCUT2D eigenvalue weighted by Gasteiger charge is 2.29. The monoisotopic (exact) mass is 674 g/mol. The van der Waals surface area contributed by atoms with Gasteiger partial charge in [-0.25, -0.2) is 4.39 Å². The molecule has 264 valence electrons. The van der Waals surface area contributed by atoms with E-state index in [4.69, 9.17) is 4.74 Å². The minimum atomic E-state index is -0.548. The molecule has 0 atom stereocenters. The van der Waals surface area contributed by atoms with Gasteiger partial charge in [0.15, 0.2) is 0 Å². The first kappa shape index (κ1) is 35.0. The van der Waals surface area contributed by atoms with Crippen molar-refractivity contribution < 1.29 is 23.5 Å². The minimum Gasteiger partial charge on any atom is -0.376 e. The number of halogens is 1. The molecule has 0 unspecified atom stereocenters. The van der Waals surface area contributed by atoms with Crippen molar-refractivity contribution in [3.05, 3.63) is 70.7 Å². The van der Waals surface area contributed by atoms with E-state index in [1.165, 1.54) is 38.2 Å². The van der Waals surface area contributed by atoms with Gasteiger partial charge < -0.3 is 19.9 Å². The van der Waals surface area contributed by atoms with Gasteiger partial charge in [-0.15, -0.1) is 0 Å². The number of nitrogens with one attached hydrogen (secondary N) is 2. The van der Waals surface area contributed by atoms with E-state index in [1.807, 2.05) is 0 Å². The minimum absolute atomic E-state index is 0.0476. The first-order valence-electron chi connectivity index (χ1n) is 18.2. The van der Waals surface area contributed by atoms with Gasteiger partial charge in [0.2, 0.25) is 11.8 Å². The lowest BCUT2D eigenvalue weighted by Gasteiger charge is -2.37. The molecule has 3 fully saturated rings. The second-order valence-electron chi connectivity index (χ2n) is 14.1. The van der Waals surface area contributed by atoms with E-state index in [1.54, 1.807) is 21.9 Å². The number of carbonyl (C=O) groups is 3. The quantitative estimate of drug-likeness (QED) is 0.339. The maximum absolute atomic E-state index is 14.9. The molecule has 1 aromatic rings. The number of carbonyl (C=O) groups excluding carboxylic acids is 3. The molecule has 1 aromatic carbocycles. The molecule has 3 aliphatic heterocycles. The van der Waals surface area contributed by atoms with E-state index < -0.39 is 5.82 Å². The molecular formula is C38H51FN6O4. The summed E-state index contributed by atoms with van der Waals surface area (Å²) in [4.78, 5) is 44.4. The van der Waals surface area contributed by atoms with E-state index in [2.05, 4.69) is 39.5 Å². The topological polar surface area (TPSA) is 107 Å². The smallest absolute Gasteiger partial charge is 0.256 e. The van der Waals surface area contributed by atoms with Crippen LogP contribution in [0.4, 0.5) is 4.39 Å². The summed E-state index contributed by atoms with van der Waals surface area (Å²) in [6.07, 6.45) is 15.1. The molecular weight excluding hydrogens is 623 g/mol. The van der Waals surface area contributed by atoms with Crippen molar-refractivity contribution in [1.82, 2.24) is 25.4 Å². The Hall–Kier alpha value is -3.83. The first-order chi connectivity index (χ1) is 23.8. The van der Waals surface area contributed by atoms with Crippen molar-refractivity contribution in [2.24, 2.45) is 11.0 Å². The summed E-state index contributed by atoms with van der Waals surface area (Å²) in [5.74, 6) is -0.180. The fourth-order valence-electron chi connectivity index (χ4n) is 7.68. The van der Waals surface area contributed by atoms with Gasteiger partial charge in [0.25, 0.3) is 5.91 Å². The zero-order valence-electron chi connectivity index (χ0n) is 28.7. The highest BCUT2D eigenvalue weighted by atomic mass is 19.1. The number of amides is 3. The normalized spacial score (nSPS) is 20.9. The van der Waals surface area contributed by atoms with Crippen LogP contribution in [0.25, 0.3) is 0 Å². The van der Waals surface area contributed by atoms with Crippen LogP contribution in [-0.2, 0) is 20.7 Å². The highest BCUT2D eigenvalue weighted by Crippen LogP contribution is 2.29. The zero-order valence-corrected chi connectivity index (χ0v) is 28.7. The lowest BCUT2D eigenvalue weighted by molar-refractivity contribution is -0.134. The average Bonchev–Trinajstić information content (AvgIpc) is 3.13. The fraction of sp³-hybridized carbons (Fsp3) is 0.579. The first-order valence-corrected chi connectivity index (χ1v) is 18.2. The number of hydrogen-bond donors (Lipinski definition) is 2. The molecule has 3 heterocycles. The standard InChI is InChI=1S/C38H51FN6O4/c1-27-31-9-5-6-10-32(31)35(42-41-27)24-29-11-12-34(39)33(23-29)38(48)45-20-18-44(19-21-45)37(47)26-43-16-13-30(14-17-43)49-22-15-40-36(46)25-28-7-3-2-4-8-28/h6,10-12,23,28,30,41H,1-5,7-9,13-22,24-26H2,(H,40,46). The van der Waals surface area contributed by atoms with Crippen LogP contribution in [0.15, 0.2) is 58.9 Å². The summed E-state index contributed by atoms with van der Waals surface area (Å²) in [5, 5.41) is 7.50. The summed E-state index contributed by atoms with van der Waals surface area (Å²) >= 11 is 0. The van der Waals surface area contributed by atoms with Crippen LogP contribution in [-0.4, -0.2) is 103 Å². The van der Waals surface area contributed by atoms with Crippen molar-refractivity contribution in [2.75, 3.05) is 59.0 Å². The number of rotatable bonds is 11. The average molecular weight is 675 g/mol. The lowest BCUT2D eigenvalue weighted by Crippen LogP contribution is -2.53. The Bertz CT molecular complexity index is 1480. The van der Waals surface area contributed by atoms with Gasteiger partial charge in [0.05, 0.1) is 36.2 Å². The second kappa shape index (κ2) is 16.7. The fourth-order valence-corrected chi connectivity index (χ4v) is 7.68. The number of likely N-dealkylation sites (tertiary alicyclic amines) is 1. The summed E-state index contributed by atoms with van der Waals surface area (Å²) < 4.78 is 21.0. The molecule has 0 bridgehead atoms. The maximum atomic E-state index is 14.9. The van der Waals surface area contributed by atoms with Crippen LogP contribution < -0.4 is 10.7 Å². The van der Waals surface area contributed by atoms with Crippen LogP contribution in [0, 0.1) is 11.7 Å². The molecule has 49 heavy (non-hydrogen) atoms. The zero-order chi connectivity index (χ0) is 34.2. The predicted octanol–water partition coefficient (Wildman–Crippen LogP) is 4.34. The number of hydrazone groups is 1. The Morgan fingerprint density at radius 3 is 2.53 bits per heavy atom. The predicted molar refractivity (Wildman–Crippen MR) is 187 cm³/mol. The Balaban J connectivity index is 0.898. The molecule has 11 heteroatoms. The summed E-state index contributed by atoms with van der Waals surface area (Å²) in [6.45, 7) is 8.59. The van der Waals surface area contributed by atoms with Crippen LogP contribution in [0.5, 0.6) is 0 Å². The van der Waals surface area contributed by atoms with Gasteiger partial charge in [-0.05, 0) is 67.7 Å². The van der Waals surface area contributed by atoms with Gasteiger partial charge in [-0.1, -0.05) is 44.1 Å². The van der Waals surface area contributed by atoms with Gasteiger partial charge >= 0.3 is 0 Å². The van der Waals surface area contributed by atoms with E-state index in [0.29, 0.717) is 64.6 Å². The molecule has 2 saturated heterocycles. The number of piperazine rings is 1. The number of benzene rings is 1. The number of ether oxygens (including phenoxy) is 1. The van der Waals surface area contributed by atoms with Crippen LogP contribution in [0.1, 0.15) is 80.1 Å². The summed E-state index contributed by atoms with van der Waals surface area (Å²) in [5.41, 5.74) is 7.72. The van der Waals surface area contributed by atoms with E-state index >= 15 is 0 Å². The van der Waals surface area contributed by atoms with Crippen molar-refractivity contribution in [1.29, 1.82) is 0 Å². The Kier molecular flexibility index (Phi) is 11.9. The highest BCUT2D eigenvalue weighted by molar-refractivity contribution is 6.06. The van der Waals surface area contributed by atoms with Crippen LogP contribution in [0.2, 0.25) is 0 Å². The van der Waals surface area contributed by atoms with E-state index in [-0.39, 0.29) is 29.4 Å². The number of allylic oxidation sites excluding steroid dienone is 4. The number of piperidine rings is 1. The third-order valence-corrected chi connectivity index (χ3v) is 10.6. The number of nitrogens with zero attached hydrogens (tertiary/aromatic N) is 4. The SMILES string of the molecule is C=C1NN=C(Cc2ccc(F)c(C(=O)N3CCN(C(=O)CN4CCC(OCCNC(=O)CC5CCCCC5)CC4)CC3)c2)C2=C1CCC=C2. The maximum Gasteiger partial charge on any atom is 0.256 e. The molecule has 2 aliphatic carbocycles. The Morgan fingerprint density at radius 1 is 1.00 bits per heavy atom. The summed E-state index contributed by atoms with van der Waals surface area (Å²) in [6, 6.07) is 4.69. The molecule has 0 aromatic heterocycles. The van der Waals surface area contributed by atoms with Gasteiger partial charge in [0, 0.05) is 64.2 Å². The van der Waals surface area contributed by atoms with E-state index in [9.17, 15) is 18.8 Å². The van der Waals surface area contributed by atoms with Gasteiger partial charge in [0.1, 0.15) is 5.82 Å². The Labute approximate surface area is 289 Å². The third kappa shape index (κ3) is 9.25. The lowest BCUT2D eigenvalue weighted by atomic mass is 9.87. The molecule has 5 aliphatic rings. The molecule has 1 saturated carbocycles. The van der Waals surface area contributed by atoms with Crippen molar-refractivity contribution in [3.8, 4) is 0 Å². The largest absolute Gasteiger partial charge is 0.376 e. The molecule has 6 rings (SSSR count). The van der Waals surface area contributed by atoms with Crippen molar-refractivity contribution in [2.45, 2.75) is 76.7 Å². The van der Waals surface area contributed by atoms with Crippen molar-refractivity contribution in [3.63, 3.8) is 0 Å². The molecule has 3 amide bonds. The molecule has 10 nitrogen and oxygen atoms in total. The van der Waals surface area contributed by atoms with Gasteiger partial charge in [-0.3, -0.25) is 24.7 Å². The molecule has 2 N–H and O–H groups in total.